The first-order valence-corrected chi connectivity index (χ1v) is 5.84. The number of aromatic nitrogens is 3. The van der Waals surface area contributed by atoms with Gasteiger partial charge in [0, 0.05) is 17.8 Å². The molecule has 0 fully saturated rings. The zero-order chi connectivity index (χ0) is 11.9. The van der Waals surface area contributed by atoms with E-state index in [4.69, 9.17) is 0 Å². The van der Waals surface area contributed by atoms with Gasteiger partial charge in [-0.25, -0.2) is 0 Å². The fourth-order valence-corrected chi connectivity index (χ4v) is 2.05. The Labute approximate surface area is 102 Å². The van der Waals surface area contributed by atoms with E-state index in [-0.39, 0.29) is 11.8 Å². The first kappa shape index (κ1) is 11.3. The molecule has 0 aromatic carbocycles. The van der Waals surface area contributed by atoms with Gasteiger partial charge in [0.15, 0.2) is 10.4 Å². The molecule has 0 atom stereocenters. The lowest BCUT2D eigenvalue weighted by Crippen LogP contribution is -2.03. The van der Waals surface area contributed by atoms with Crippen LogP contribution in [0.3, 0.4) is 0 Å². The molecule has 5 heteroatoms. The molecule has 2 rings (SSSR count). The minimum atomic E-state index is 0.0158. The van der Waals surface area contributed by atoms with Crippen LogP contribution in [0.25, 0.3) is 11.0 Å². The Morgan fingerprint density at radius 3 is 2.75 bits per heavy atom. The number of pyridine rings is 1. The van der Waals surface area contributed by atoms with Gasteiger partial charge in [0.1, 0.15) is 5.52 Å². The normalized spacial score (nSPS) is 11.3. The zero-order valence-electron chi connectivity index (χ0n) is 9.36. The third kappa shape index (κ3) is 1.75. The third-order valence-corrected chi connectivity index (χ3v) is 2.94. The van der Waals surface area contributed by atoms with Gasteiger partial charge in [-0.3, -0.25) is 14.5 Å². The Morgan fingerprint density at radius 2 is 2.19 bits per heavy atom. The molecular formula is C11H12BrN3O. The van der Waals surface area contributed by atoms with Crippen molar-refractivity contribution < 1.29 is 4.79 Å². The van der Waals surface area contributed by atoms with Gasteiger partial charge in [0.2, 0.25) is 0 Å². The van der Waals surface area contributed by atoms with Crippen LogP contribution in [0.2, 0.25) is 0 Å². The number of fused-ring (bicyclic) bond motifs is 1. The maximum atomic E-state index is 11.3. The summed E-state index contributed by atoms with van der Waals surface area (Å²) >= 11 is 3.37. The summed E-state index contributed by atoms with van der Waals surface area (Å²) in [5, 5.41) is 4.35. The summed E-state index contributed by atoms with van der Waals surface area (Å²) in [7, 11) is 0. The Morgan fingerprint density at radius 1 is 1.50 bits per heavy atom. The van der Waals surface area contributed by atoms with Crippen molar-refractivity contribution >= 4 is 32.7 Å². The Kier molecular flexibility index (Phi) is 2.80. The molecule has 4 nitrogen and oxygen atoms in total. The molecule has 0 aliphatic rings. The van der Waals surface area contributed by atoms with Gasteiger partial charge >= 0.3 is 0 Å². The molecule has 0 radical (unpaired) electrons. The Hall–Kier alpha value is -1.23. The molecule has 0 aliphatic heterocycles. The molecule has 0 saturated carbocycles. The molecule has 2 aromatic rings. The molecule has 0 bridgehead atoms. The highest BCUT2D eigenvalue weighted by molar-refractivity contribution is 9.10. The number of ketones is 1. The standard InChI is InChI=1S/C11H12BrN3O/c1-6(2)15-9-4-8(7(3)16)5-13-10(9)11(12)14-15/h4-6H,1-3H3. The van der Waals surface area contributed by atoms with Gasteiger partial charge in [0.05, 0.1) is 5.52 Å². The maximum Gasteiger partial charge on any atom is 0.161 e. The molecule has 0 amide bonds. The lowest BCUT2D eigenvalue weighted by Gasteiger charge is -2.06. The summed E-state index contributed by atoms with van der Waals surface area (Å²) in [5.41, 5.74) is 2.29. The van der Waals surface area contributed by atoms with Gasteiger partial charge in [0.25, 0.3) is 0 Å². The van der Waals surface area contributed by atoms with E-state index in [1.54, 1.807) is 6.20 Å². The van der Waals surface area contributed by atoms with Crippen LogP contribution in [0.4, 0.5) is 0 Å². The van der Waals surface area contributed by atoms with Crippen LogP contribution in [-0.2, 0) is 0 Å². The Balaban J connectivity index is 2.74. The van der Waals surface area contributed by atoms with Crippen molar-refractivity contribution in [3.05, 3.63) is 22.4 Å². The van der Waals surface area contributed by atoms with Crippen molar-refractivity contribution in [2.24, 2.45) is 0 Å². The van der Waals surface area contributed by atoms with E-state index in [0.29, 0.717) is 10.2 Å². The van der Waals surface area contributed by atoms with Gasteiger partial charge in [-0.2, -0.15) is 5.10 Å². The van der Waals surface area contributed by atoms with E-state index in [0.717, 1.165) is 11.0 Å². The summed E-state index contributed by atoms with van der Waals surface area (Å²) in [6, 6.07) is 2.07. The molecule has 0 spiro atoms. The monoisotopic (exact) mass is 281 g/mol. The lowest BCUT2D eigenvalue weighted by atomic mass is 10.2. The minimum Gasteiger partial charge on any atom is -0.294 e. The number of rotatable bonds is 2. The molecule has 0 saturated heterocycles. The summed E-state index contributed by atoms with van der Waals surface area (Å²) in [6.07, 6.45) is 1.59. The highest BCUT2D eigenvalue weighted by atomic mass is 79.9. The zero-order valence-corrected chi connectivity index (χ0v) is 10.9. The fraction of sp³-hybridized carbons (Fsp3) is 0.364. The number of carbonyl (C=O) groups is 1. The molecular weight excluding hydrogens is 270 g/mol. The second kappa shape index (κ2) is 3.97. The second-order valence-corrected chi connectivity index (χ2v) is 4.73. The van der Waals surface area contributed by atoms with Gasteiger partial charge < -0.3 is 0 Å². The number of hydrogen-bond donors (Lipinski definition) is 0. The number of hydrogen-bond acceptors (Lipinski definition) is 3. The van der Waals surface area contributed by atoms with E-state index < -0.39 is 0 Å². The number of halogens is 1. The van der Waals surface area contributed by atoms with Crippen molar-refractivity contribution in [2.75, 3.05) is 0 Å². The molecule has 2 aromatic heterocycles. The topological polar surface area (TPSA) is 47.8 Å². The van der Waals surface area contributed by atoms with Crippen molar-refractivity contribution in [3.63, 3.8) is 0 Å². The second-order valence-electron chi connectivity index (χ2n) is 3.98. The summed E-state index contributed by atoms with van der Waals surface area (Å²) in [6.45, 7) is 5.62. The summed E-state index contributed by atoms with van der Waals surface area (Å²) in [4.78, 5) is 15.5. The number of carbonyl (C=O) groups excluding carboxylic acids is 1. The molecule has 0 unspecified atom stereocenters. The van der Waals surface area contributed by atoms with E-state index >= 15 is 0 Å². The molecule has 0 aliphatic carbocycles. The molecule has 2 heterocycles. The Bertz CT molecular complexity index is 560. The highest BCUT2D eigenvalue weighted by Gasteiger charge is 2.13. The van der Waals surface area contributed by atoms with Crippen LogP contribution < -0.4 is 0 Å². The van der Waals surface area contributed by atoms with Crippen LogP contribution in [0, 0.1) is 0 Å². The van der Waals surface area contributed by atoms with Crippen LogP contribution in [-0.4, -0.2) is 20.5 Å². The summed E-state index contributed by atoms with van der Waals surface area (Å²) in [5.74, 6) is 0.0158. The molecule has 0 N–H and O–H groups in total. The van der Waals surface area contributed by atoms with Crippen LogP contribution >= 0.6 is 15.9 Å². The summed E-state index contributed by atoms with van der Waals surface area (Å²) < 4.78 is 2.57. The van der Waals surface area contributed by atoms with Crippen molar-refractivity contribution in [3.8, 4) is 0 Å². The van der Waals surface area contributed by atoms with Crippen molar-refractivity contribution in [2.45, 2.75) is 26.8 Å². The average molecular weight is 282 g/mol. The largest absolute Gasteiger partial charge is 0.294 e. The van der Waals surface area contributed by atoms with Crippen molar-refractivity contribution in [1.29, 1.82) is 0 Å². The molecule has 84 valence electrons. The fourth-order valence-electron chi connectivity index (χ4n) is 1.57. The lowest BCUT2D eigenvalue weighted by molar-refractivity contribution is 0.101. The average Bonchev–Trinajstić information content (AvgIpc) is 2.56. The van der Waals surface area contributed by atoms with Crippen molar-refractivity contribution in [1.82, 2.24) is 14.8 Å². The van der Waals surface area contributed by atoms with Crippen LogP contribution in [0.15, 0.2) is 16.9 Å². The van der Waals surface area contributed by atoms with E-state index in [1.807, 2.05) is 24.6 Å². The predicted octanol–water partition coefficient (Wildman–Crippen LogP) is 2.98. The highest BCUT2D eigenvalue weighted by Crippen LogP contribution is 2.24. The first-order valence-electron chi connectivity index (χ1n) is 5.05. The van der Waals surface area contributed by atoms with E-state index in [2.05, 4.69) is 26.0 Å². The first-order chi connectivity index (χ1) is 7.50. The quantitative estimate of drug-likeness (QED) is 0.795. The minimum absolute atomic E-state index is 0.0158. The number of Topliss-reactive ketones (excluding diaryl/α,β-unsaturated/α-hetero) is 1. The van der Waals surface area contributed by atoms with E-state index in [1.165, 1.54) is 6.92 Å². The van der Waals surface area contributed by atoms with Crippen LogP contribution in [0.5, 0.6) is 0 Å². The van der Waals surface area contributed by atoms with Gasteiger partial charge in [-0.1, -0.05) is 0 Å². The van der Waals surface area contributed by atoms with Gasteiger partial charge in [-0.15, -0.1) is 0 Å². The van der Waals surface area contributed by atoms with Gasteiger partial charge in [-0.05, 0) is 42.8 Å². The smallest absolute Gasteiger partial charge is 0.161 e. The third-order valence-electron chi connectivity index (χ3n) is 2.40. The number of nitrogens with zero attached hydrogens (tertiary/aromatic N) is 3. The van der Waals surface area contributed by atoms with Crippen LogP contribution in [0.1, 0.15) is 37.2 Å². The maximum absolute atomic E-state index is 11.3. The predicted molar refractivity (Wildman–Crippen MR) is 65.6 cm³/mol. The molecule has 16 heavy (non-hydrogen) atoms. The SMILES string of the molecule is CC(=O)c1cnc2c(Br)nn(C(C)C)c2c1. The van der Waals surface area contributed by atoms with E-state index in [9.17, 15) is 4.79 Å².